The number of hydrogen-bond donors (Lipinski definition) is 1. The number of ether oxygens (including phenoxy) is 2. The van der Waals surface area contributed by atoms with E-state index < -0.39 is 0 Å². The number of carbonyl (C=O) groups excluding carboxylic acids is 2. The molecule has 1 heterocycles. The molecule has 0 radical (unpaired) electrons. The first kappa shape index (κ1) is 17.8. The van der Waals surface area contributed by atoms with E-state index in [0.29, 0.717) is 38.1 Å². The summed E-state index contributed by atoms with van der Waals surface area (Å²) in [6, 6.07) is 4.91. The van der Waals surface area contributed by atoms with Gasteiger partial charge in [-0.2, -0.15) is 0 Å². The number of ketones is 1. The Morgan fingerprint density at radius 2 is 1.75 bits per heavy atom. The van der Waals surface area contributed by atoms with Gasteiger partial charge in [-0.3, -0.25) is 9.59 Å². The number of anilines is 1. The van der Waals surface area contributed by atoms with Crippen LogP contribution in [0, 0.1) is 6.92 Å². The molecule has 0 fully saturated rings. The highest BCUT2D eigenvalue weighted by atomic mass is 32.1. The first-order valence-corrected chi connectivity index (χ1v) is 8.00. The highest BCUT2D eigenvalue weighted by molar-refractivity contribution is 7.18. The van der Waals surface area contributed by atoms with Crippen molar-refractivity contribution in [3.63, 3.8) is 0 Å². The summed E-state index contributed by atoms with van der Waals surface area (Å²) >= 11 is 1.13. The molecule has 1 aromatic heterocycles. The van der Waals surface area contributed by atoms with Crippen molar-refractivity contribution < 1.29 is 19.1 Å². The fourth-order valence-electron chi connectivity index (χ4n) is 2.35. The maximum Gasteiger partial charge on any atom is 0.263 e. The van der Waals surface area contributed by atoms with Crippen molar-refractivity contribution in [1.29, 1.82) is 0 Å². The van der Waals surface area contributed by atoms with Crippen LogP contribution in [0.5, 0.6) is 11.5 Å². The highest BCUT2D eigenvalue weighted by Crippen LogP contribution is 2.35. The third kappa shape index (κ3) is 3.07. The lowest BCUT2D eigenvalue weighted by Gasteiger charge is -2.10. The van der Waals surface area contributed by atoms with Crippen molar-refractivity contribution in [2.75, 3.05) is 34.0 Å². The van der Waals surface area contributed by atoms with Crippen LogP contribution < -0.4 is 15.2 Å². The number of hydrogen-bond acceptors (Lipinski definition) is 6. The first-order chi connectivity index (χ1) is 11.3. The summed E-state index contributed by atoms with van der Waals surface area (Å²) < 4.78 is 10.4. The average molecular weight is 348 g/mol. The Balaban J connectivity index is 2.49. The Kier molecular flexibility index (Phi) is 5.14. The molecule has 2 aromatic rings. The van der Waals surface area contributed by atoms with Crippen molar-refractivity contribution in [1.82, 2.24) is 4.90 Å². The Bertz CT molecular complexity index is 796. The molecule has 6 nitrogen and oxygen atoms in total. The topological polar surface area (TPSA) is 81.9 Å². The fraction of sp³-hybridized carbons (Fsp3) is 0.294. The molecule has 0 bridgehead atoms. The molecule has 24 heavy (non-hydrogen) atoms. The van der Waals surface area contributed by atoms with Gasteiger partial charge in [-0.15, -0.1) is 11.3 Å². The van der Waals surface area contributed by atoms with Crippen LogP contribution in [0.3, 0.4) is 0 Å². The number of amides is 1. The summed E-state index contributed by atoms with van der Waals surface area (Å²) in [7, 11) is 6.35. The van der Waals surface area contributed by atoms with Crippen LogP contribution in [0.25, 0.3) is 0 Å². The van der Waals surface area contributed by atoms with Gasteiger partial charge in [-0.1, -0.05) is 0 Å². The van der Waals surface area contributed by atoms with E-state index in [0.717, 1.165) is 11.3 Å². The lowest BCUT2D eigenvalue weighted by Crippen LogP contribution is -2.21. The number of methoxy groups -OCH3 is 2. The summed E-state index contributed by atoms with van der Waals surface area (Å²) in [4.78, 5) is 27.0. The first-order valence-electron chi connectivity index (χ1n) is 7.19. The Morgan fingerprint density at radius 1 is 1.12 bits per heavy atom. The molecule has 0 aliphatic heterocycles. The lowest BCUT2D eigenvalue weighted by atomic mass is 10.0. The number of nitrogens with zero attached hydrogens (tertiary/aromatic N) is 1. The number of rotatable bonds is 5. The fourth-order valence-corrected chi connectivity index (χ4v) is 3.44. The molecule has 128 valence electrons. The lowest BCUT2D eigenvalue weighted by molar-refractivity contribution is 0.0831. The number of nitrogens with two attached hydrogens (primary N) is 1. The molecule has 0 saturated heterocycles. The minimum absolute atomic E-state index is 0.171. The van der Waals surface area contributed by atoms with Crippen LogP contribution in [-0.2, 0) is 0 Å². The Hall–Kier alpha value is -2.54. The standard InChI is InChI=1S/C17H20N2O4S/c1-9-13(16(18)24-15(9)17(21)19(2)3)14(20)10-6-7-11(22-4)12(8-10)23-5/h6-8H,18H2,1-5H3. The average Bonchev–Trinajstić information content (AvgIpc) is 2.87. The van der Waals surface area contributed by atoms with Crippen LogP contribution >= 0.6 is 11.3 Å². The zero-order valence-electron chi connectivity index (χ0n) is 14.3. The number of carbonyl (C=O) groups is 2. The minimum Gasteiger partial charge on any atom is -0.493 e. The second-order valence-corrected chi connectivity index (χ2v) is 6.45. The molecule has 2 rings (SSSR count). The van der Waals surface area contributed by atoms with Gasteiger partial charge < -0.3 is 20.1 Å². The molecular formula is C17H20N2O4S. The third-order valence-corrected chi connectivity index (χ3v) is 4.76. The maximum atomic E-state index is 12.9. The monoisotopic (exact) mass is 348 g/mol. The van der Waals surface area contributed by atoms with Crippen molar-refractivity contribution in [2.45, 2.75) is 6.92 Å². The summed E-state index contributed by atoms with van der Waals surface area (Å²) in [5, 5.41) is 0.331. The van der Waals surface area contributed by atoms with Crippen LogP contribution in [-0.4, -0.2) is 44.9 Å². The van der Waals surface area contributed by atoms with Crippen molar-refractivity contribution in [3.05, 3.63) is 39.8 Å². The summed E-state index contributed by atoms with van der Waals surface area (Å²) in [5.74, 6) is 0.572. The van der Waals surface area contributed by atoms with Crippen LogP contribution in [0.1, 0.15) is 31.2 Å². The highest BCUT2D eigenvalue weighted by Gasteiger charge is 2.25. The number of benzene rings is 1. The van der Waals surface area contributed by atoms with Crippen LogP contribution in [0.15, 0.2) is 18.2 Å². The van der Waals surface area contributed by atoms with Gasteiger partial charge in [-0.05, 0) is 30.7 Å². The van der Waals surface area contributed by atoms with Gasteiger partial charge in [-0.25, -0.2) is 0 Å². The molecule has 0 unspecified atom stereocenters. The molecule has 7 heteroatoms. The minimum atomic E-state index is -0.250. The van der Waals surface area contributed by atoms with E-state index in [9.17, 15) is 9.59 Å². The molecule has 1 amide bonds. The van der Waals surface area contributed by atoms with E-state index >= 15 is 0 Å². The zero-order valence-corrected chi connectivity index (χ0v) is 15.1. The molecule has 0 aliphatic carbocycles. The van der Waals surface area contributed by atoms with Gasteiger partial charge in [0.25, 0.3) is 5.91 Å². The van der Waals surface area contributed by atoms with Crippen molar-refractivity contribution in [2.24, 2.45) is 0 Å². The molecule has 2 N–H and O–H groups in total. The van der Waals surface area contributed by atoms with E-state index in [1.807, 2.05) is 0 Å². The van der Waals surface area contributed by atoms with Gasteiger partial charge in [0.15, 0.2) is 17.3 Å². The van der Waals surface area contributed by atoms with E-state index in [-0.39, 0.29) is 11.7 Å². The smallest absolute Gasteiger partial charge is 0.263 e. The normalized spacial score (nSPS) is 10.4. The molecule has 1 aromatic carbocycles. The van der Waals surface area contributed by atoms with Crippen LogP contribution in [0.2, 0.25) is 0 Å². The van der Waals surface area contributed by atoms with E-state index in [1.54, 1.807) is 39.2 Å². The van der Waals surface area contributed by atoms with Crippen molar-refractivity contribution in [3.8, 4) is 11.5 Å². The van der Waals surface area contributed by atoms with Gasteiger partial charge in [0.1, 0.15) is 0 Å². The molecular weight excluding hydrogens is 328 g/mol. The Labute approximate surface area is 144 Å². The number of thiophene rings is 1. The van der Waals surface area contributed by atoms with Gasteiger partial charge in [0, 0.05) is 19.7 Å². The molecule has 0 spiro atoms. The van der Waals surface area contributed by atoms with Gasteiger partial charge in [0.2, 0.25) is 0 Å². The molecule has 0 aliphatic rings. The SMILES string of the molecule is COc1ccc(C(=O)c2c(N)sc(C(=O)N(C)C)c2C)cc1OC. The summed E-state index contributed by atoms with van der Waals surface area (Å²) in [6.07, 6.45) is 0. The van der Waals surface area contributed by atoms with Gasteiger partial charge >= 0.3 is 0 Å². The third-order valence-electron chi connectivity index (χ3n) is 3.65. The van der Waals surface area contributed by atoms with Crippen LogP contribution in [0.4, 0.5) is 5.00 Å². The zero-order chi connectivity index (χ0) is 18.0. The largest absolute Gasteiger partial charge is 0.493 e. The predicted molar refractivity (Wildman–Crippen MR) is 94.5 cm³/mol. The van der Waals surface area contributed by atoms with Crippen molar-refractivity contribution >= 4 is 28.0 Å². The quantitative estimate of drug-likeness (QED) is 0.840. The van der Waals surface area contributed by atoms with E-state index in [2.05, 4.69) is 0 Å². The molecule has 0 saturated carbocycles. The van der Waals surface area contributed by atoms with Gasteiger partial charge in [0.05, 0.1) is 29.7 Å². The maximum absolute atomic E-state index is 12.9. The number of nitrogen functional groups attached to an aromatic ring is 1. The Morgan fingerprint density at radius 3 is 2.29 bits per heavy atom. The molecule has 0 atom stereocenters. The van der Waals surface area contributed by atoms with E-state index in [1.165, 1.54) is 19.1 Å². The summed E-state index contributed by atoms with van der Waals surface area (Å²) in [5.41, 5.74) is 7.39. The summed E-state index contributed by atoms with van der Waals surface area (Å²) in [6.45, 7) is 1.73. The van der Waals surface area contributed by atoms with E-state index in [4.69, 9.17) is 15.2 Å². The predicted octanol–water partition coefficient (Wildman–Crippen LogP) is 2.59. The second-order valence-electron chi connectivity index (χ2n) is 5.39. The second kappa shape index (κ2) is 6.92.